The molecule has 2 aromatic rings. The van der Waals surface area contributed by atoms with Crippen molar-refractivity contribution in [2.24, 2.45) is 0 Å². The Kier molecular flexibility index (Phi) is 2.91. The number of aryl methyl sites for hydroxylation is 1. The highest BCUT2D eigenvalue weighted by molar-refractivity contribution is 9.08. The van der Waals surface area contributed by atoms with Crippen molar-refractivity contribution in [2.75, 3.05) is 0 Å². The molecule has 2 nitrogen and oxygen atoms in total. The molecule has 0 saturated carbocycles. The Bertz CT molecular complexity index is 474. The molecule has 0 N–H and O–H groups in total. The number of rotatable bonds is 2. The van der Waals surface area contributed by atoms with Gasteiger partial charge in [-0.2, -0.15) is 5.10 Å². The van der Waals surface area contributed by atoms with Crippen LogP contribution in [0.2, 0.25) is 0 Å². The number of hydrogen-bond donors (Lipinski definition) is 0. The summed E-state index contributed by atoms with van der Waals surface area (Å²) in [6.45, 7) is 4.19. The Morgan fingerprint density at radius 1 is 1.27 bits per heavy atom. The fraction of sp³-hybridized carbons (Fsp3) is 0.250. The van der Waals surface area contributed by atoms with Crippen molar-refractivity contribution < 1.29 is 0 Å². The van der Waals surface area contributed by atoms with Crippen LogP contribution in [0.5, 0.6) is 0 Å². The van der Waals surface area contributed by atoms with Gasteiger partial charge in [-0.05, 0) is 25.5 Å². The highest BCUT2D eigenvalue weighted by Gasteiger charge is 2.07. The molecule has 78 valence electrons. The molecule has 0 radical (unpaired) electrons. The summed E-state index contributed by atoms with van der Waals surface area (Å²) in [4.78, 5) is 0. The summed E-state index contributed by atoms with van der Waals surface area (Å²) in [5.41, 5.74) is 4.83. The lowest BCUT2D eigenvalue weighted by Gasteiger charge is -2.07. The number of hydrogen-bond acceptors (Lipinski definition) is 1. The first-order chi connectivity index (χ1) is 7.24. The van der Waals surface area contributed by atoms with Gasteiger partial charge in [-0.15, -0.1) is 0 Å². The quantitative estimate of drug-likeness (QED) is 0.761. The predicted octanol–water partition coefficient (Wildman–Crippen LogP) is 3.38. The molecule has 0 fully saturated rings. The van der Waals surface area contributed by atoms with Gasteiger partial charge < -0.3 is 0 Å². The molecule has 0 aliphatic carbocycles. The van der Waals surface area contributed by atoms with Crippen molar-refractivity contribution in [1.82, 2.24) is 9.78 Å². The summed E-state index contributed by atoms with van der Waals surface area (Å²) in [5.74, 6) is 0. The molecular formula is C12H13BrN2. The maximum atomic E-state index is 4.40. The zero-order valence-electron chi connectivity index (χ0n) is 8.87. The van der Waals surface area contributed by atoms with Gasteiger partial charge in [0.15, 0.2) is 0 Å². The maximum Gasteiger partial charge on any atom is 0.0677 e. The van der Waals surface area contributed by atoms with Crippen LogP contribution in [0.1, 0.15) is 16.8 Å². The Morgan fingerprint density at radius 3 is 2.60 bits per heavy atom. The van der Waals surface area contributed by atoms with Gasteiger partial charge in [0.05, 0.1) is 11.9 Å². The van der Waals surface area contributed by atoms with Crippen LogP contribution in [0.25, 0.3) is 5.69 Å². The Balaban J connectivity index is 2.55. The van der Waals surface area contributed by atoms with Gasteiger partial charge in [0.2, 0.25) is 0 Å². The van der Waals surface area contributed by atoms with E-state index in [9.17, 15) is 0 Å². The second-order valence-corrected chi connectivity index (χ2v) is 4.15. The highest BCUT2D eigenvalue weighted by atomic mass is 79.9. The summed E-state index contributed by atoms with van der Waals surface area (Å²) in [7, 11) is 0. The van der Waals surface area contributed by atoms with Gasteiger partial charge in [0.1, 0.15) is 0 Å². The third kappa shape index (κ3) is 1.84. The standard InChI is InChI=1S/C12H13BrN2/c1-9-5-3-4-6-12(9)15-10(2)11(7-13)8-14-15/h3-6,8H,7H2,1-2H3. The first kappa shape index (κ1) is 10.4. The van der Waals surface area contributed by atoms with Crippen molar-refractivity contribution in [3.63, 3.8) is 0 Å². The first-order valence-electron chi connectivity index (χ1n) is 4.89. The van der Waals surface area contributed by atoms with E-state index in [0.717, 1.165) is 11.0 Å². The fourth-order valence-corrected chi connectivity index (χ4v) is 2.17. The third-order valence-corrected chi connectivity index (χ3v) is 3.20. The molecule has 15 heavy (non-hydrogen) atoms. The van der Waals surface area contributed by atoms with E-state index in [2.05, 4.69) is 47.0 Å². The van der Waals surface area contributed by atoms with E-state index in [1.807, 2.05) is 23.0 Å². The van der Waals surface area contributed by atoms with E-state index in [0.29, 0.717) is 0 Å². The molecule has 0 unspecified atom stereocenters. The number of nitrogens with zero attached hydrogens (tertiary/aromatic N) is 2. The first-order valence-corrected chi connectivity index (χ1v) is 6.01. The molecule has 0 amide bonds. The van der Waals surface area contributed by atoms with Crippen LogP contribution in [0.4, 0.5) is 0 Å². The normalized spacial score (nSPS) is 10.6. The molecule has 1 heterocycles. The molecule has 0 aliphatic heterocycles. The highest BCUT2D eigenvalue weighted by Crippen LogP contribution is 2.18. The van der Waals surface area contributed by atoms with E-state index >= 15 is 0 Å². The zero-order chi connectivity index (χ0) is 10.8. The van der Waals surface area contributed by atoms with Gasteiger partial charge in [0, 0.05) is 16.6 Å². The van der Waals surface area contributed by atoms with E-state index in [4.69, 9.17) is 0 Å². The van der Waals surface area contributed by atoms with Gasteiger partial charge in [-0.3, -0.25) is 0 Å². The van der Waals surface area contributed by atoms with Crippen LogP contribution < -0.4 is 0 Å². The molecule has 0 bridgehead atoms. The number of halogens is 1. The van der Waals surface area contributed by atoms with Crippen LogP contribution in [0.15, 0.2) is 30.5 Å². The lowest BCUT2D eigenvalue weighted by molar-refractivity contribution is 0.839. The smallest absolute Gasteiger partial charge is 0.0677 e. The Hall–Kier alpha value is -1.09. The van der Waals surface area contributed by atoms with Crippen LogP contribution in [-0.2, 0) is 5.33 Å². The summed E-state index contributed by atoms with van der Waals surface area (Å²) in [6, 6.07) is 8.28. The lowest BCUT2D eigenvalue weighted by Crippen LogP contribution is -2.01. The van der Waals surface area contributed by atoms with Gasteiger partial charge in [0.25, 0.3) is 0 Å². The van der Waals surface area contributed by atoms with Crippen molar-refractivity contribution >= 4 is 15.9 Å². The van der Waals surface area contributed by atoms with Crippen LogP contribution in [0, 0.1) is 13.8 Å². The fourth-order valence-electron chi connectivity index (χ4n) is 1.62. The zero-order valence-corrected chi connectivity index (χ0v) is 10.5. The minimum atomic E-state index is 0.852. The Morgan fingerprint density at radius 2 is 2.00 bits per heavy atom. The van der Waals surface area contributed by atoms with Gasteiger partial charge >= 0.3 is 0 Å². The van der Waals surface area contributed by atoms with E-state index in [1.54, 1.807) is 0 Å². The minimum absolute atomic E-state index is 0.852. The van der Waals surface area contributed by atoms with Crippen LogP contribution in [-0.4, -0.2) is 9.78 Å². The van der Waals surface area contributed by atoms with Gasteiger partial charge in [-0.1, -0.05) is 34.1 Å². The number of benzene rings is 1. The number of alkyl halides is 1. The third-order valence-electron chi connectivity index (χ3n) is 2.60. The van der Waals surface area contributed by atoms with E-state index in [-0.39, 0.29) is 0 Å². The second kappa shape index (κ2) is 4.19. The molecular weight excluding hydrogens is 252 g/mol. The SMILES string of the molecule is Cc1ccccc1-n1ncc(CBr)c1C. The average molecular weight is 265 g/mol. The number of para-hydroxylation sites is 1. The van der Waals surface area contributed by atoms with Crippen molar-refractivity contribution in [3.05, 3.63) is 47.3 Å². The van der Waals surface area contributed by atoms with Crippen molar-refractivity contribution in [1.29, 1.82) is 0 Å². The summed E-state index contributed by atoms with van der Waals surface area (Å²) in [5, 5.41) is 5.26. The molecule has 2 rings (SSSR count). The predicted molar refractivity (Wildman–Crippen MR) is 65.7 cm³/mol. The minimum Gasteiger partial charge on any atom is -0.238 e. The number of aromatic nitrogens is 2. The molecule has 0 atom stereocenters. The van der Waals surface area contributed by atoms with E-state index < -0.39 is 0 Å². The molecule has 1 aromatic heterocycles. The molecule has 0 aliphatic rings. The summed E-state index contributed by atoms with van der Waals surface area (Å²) < 4.78 is 1.99. The topological polar surface area (TPSA) is 17.8 Å². The molecule has 1 aromatic carbocycles. The summed E-state index contributed by atoms with van der Waals surface area (Å²) >= 11 is 3.46. The molecule has 0 saturated heterocycles. The second-order valence-electron chi connectivity index (χ2n) is 3.59. The van der Waals surface area contributed by atoms with E-state index in [1.165, 1.54) is 16.8 Å². The maximum absolute atomic E-state index is 4.40. The molecule has 3 heteroatoms. The van der Waals surface area contributed by atoms with Crippen molar-refractivity contribution in [3.8, 4) is 5.69 Å². The van der Waals surface area contributed by atoms with Gasteiger partial charge in [-0.25, -0.2) is 4.68 Å². The lowest BCUT2D eigenvalue weighted by atomic mass is 10.2. The van der Waals surface area contributed by atoms with Crippen LogP contribution in [0.3, 0.4) is 0 Å². The largest absolute Gasteiger partial charge is 0.238 e. The monoisotopic (exact) mass is 264 g/mol. The Labute approximate surface area is 98.1 Å². The van der Waals surface area contributed by atoms with Crippen molar-refractivity contribution in [2.45, 2.75) is 19.2 Å². The molecule has 0 spiro atoms. The average Bonchev–Trinajstić information content (AvgIpc) is 2.60. The van der Waals surface area contributed by atoms with Crippen LogP contribution >= 0.6 is 15.9 Å². The summed E-state index contributed by atoms with van der Waals surface area (Å²) in [6.07, 6.45) is 1.91.